The van der Waals surface area contributed by atoms with Gasteiger partial charge in [0.15, 0.2) is 0 Å². The standard InChI is InChI=1S/C25H44N2O.C24H42N2O.2C8H15NO.15C2H6.2Fe/c1-8-17(3)19(5)25(7,18(4)9-2)23-15-22(20(6)27-23)16-26-24(28)14-21-12-10-11-13-21;1-8-17(4)18(5)24(7,16(2)3)22-14-21(19(6)26-22)15-25-23(27)13-20-11-9-10-12-20;2*1-9-8(10)6-7-4-2-3-5-7;15*1-2;;/h15,17-19,21,27H,8-14,16H2,1-7H3,(H,26,28);14,16-18,20,26H,8-13,15H2,1-7H3,(H,25,27);2*7H,2-6H2,1H3,(H,9,10);15*1-2H3;;. The third-order valence-electron chi connectivity index (χ3n) is 20.4. The monoisotopic (exact) mass is 1610 g/mol. The molecular weight excluding hydrogens is 1400 g/mol. The first kappa shape index (κ1) is 140. The van der Waals surface area contributed by atoms with Gasteiger partial charge >= 0.3 is 0 Å². The van der Waals surface area contributed by atoms with Gasteiger partial charge < -0.3 is 31.2 Å². The molecule has 6 rings (SSSR count). The average molecular weight is 1610 g/mol. The van der Waals surface area contributed by atoms with Crippen LogP contribution in [0.25, 0.3) is 0 Å². The Kier molecular flexibility index (Phi) is 135. The molecular formula is C95H206Fe2N6O4. The first-order valence-corrected chi connectivity index (χ1v) is 45.9. The molecule has 2 aromatic heterocycles. The van der Waals surface area contributed by atoms with Crippen molar-refractivity contribution in [2.24, 2.45) is 59.2 Å². The number of aromatic amines is 2. The van der Waals surface area contributed by atoms with Crippen LogP contribution in [0.3, 0.4) is 0 Å². The second kappa shape index (κ2) is 103. The molecule has 10 nitrogen and oxygen atoms in total. The van der Waals surface area contributed by atoms with E-state index in [-0.39, 0.29) is 68.6 Å². The molecule has 0 aliphatic heterocycles. The van der Waals surface area contributed by atoms with Crippen LogP contribution in [0.5, 0.6) is 0 Å². The van der Waals surface area contributed by atoms with Gasteiger partial charge in [0.05, 0.1) is 0 Å². The summed E-state index contributed by atoms with van der Waals surface area (Å²) >= 11 is 0. The van der Waals surface area contributed by atoms with E-state index >= 15 is 0 Å². The average Bonchev–Trinajstić information content (AvgIpc) is 1.61. The van der Waals surface area contributed by atoms with E-state index in [1.165, 1.54) is 156 Å². The van der Waals surface area contributed by atoms with Gasteiger partial charge in [-0.05, 0) is 148 Å². The summed E-state index contributed by atoms with van der Waals surface area (Å²) in [4.78, 5) is 53.8. The van der Waals surface area contributed by atoms with E-state index in [0.717, 1.165) is 12.8 Å². The summed E-state index contributed by atoms with van der Waals surface area (Å²) < 4.78 is 0. The van der Waals surface area contributed by atoms with Crippen LogP contribution in [0.1, 0.15) is 472 Å². The number of H-pyrrole nitrogens is 2. The van der Waals surface area contributed by atoms with Crippen LogP contribution in [-0.2, 0) is 77.2 Å². The van der Waals surface area contributed by atoms with Gasteiger partial charge in [-0.1, -0.05) is 361 Å². The molecule has 4 saturated carbocycles. The molecule has 12 heteroatoms. The Morgan fingerprint density at radius 2 is 0.570 bits per heavy atom. The number of nitrogens with one attached hydrogen (secondary N) is 6. The number of amides is 4. The quantitative estimate of drug-likeness (QED) is 0.0615. The molecule has 656 valence electrons. The fourth-order valence-corrected chi connectivity index (χ4v) is 13.1. The van der Waals surface area contributed by atoms with Gasteiger partial charge in [-0.15, -0.1) is 0 Å². The van der Waals surface area contributed by atoms with Crippen LogP contribution in [-0.4, -0.2) is 47.7 Å². The number of aromatic nitrogens is 2. The smallest absolute Gasteiger partial charge is 0.220 e. The molecule has 2 aromatic rings. The topological polar surface area (TPSA) is 148 Å². The predicted molar refractivity (Wildman–Crippen MR) is 486 cm³/mol. The van der Waals surface area contributed by atoms with Crippen LogP contribution in [0.4, 0.5) is 0 Å². The summed E-state index contributed by atoms with van der Waals surface area (Å²) in [5, 5.41) is 11.6. The number of rotatable bonds is 23. The minimum Gasteiger partial charge on any atom is -0.362 e. The van der Waals surface area contributed by atoms with Gasteiger partial charge in [0, 0.05) is 121 Å². The number of hydrogen-bond acceptors (Lipinski definition) is 4. The van der Waals surface area contributed by atoms with Crippen molar-refractivity contribution in [3.05, 3.63) is 46.0 Å². The van der Waals surface area contributed by atoms with E-state index in [1.807, 2.05) is 208 Å². The molecule has 0 saturated heterocycles. The number of aryl methyl sites for hydroxylation is 2. The van der Waals surface area contributed by atoms with E-state index in [9.17, 15) is 19.2 Å². The Hall–Kier alpha value is -2.52. The molecule has 4 amide bonds. The Morgan fingerprint density at radius 1 is 0.364 bits per heavy atom. The summed E-state index contributed by atoms with van der Waals surface area (Å²) in [6.45, 7) is 93.9. The fourth-order valence-electron chi connectivity index (χ4n) is 13.1. The van der Waals surface area contributed by atoms with E-state index in [2.05, 4.69) is 140 Å². The van der Waals surface area contributed by atoms with Crippen LogP contribution in [0.15, 0.2) is 12.1 Å². The number of hydrogen-bond donors (Lipinski definition) is 6. The second-order valence-corrected chi connectivity index (χ2v) is 25.4. The zero-order chi connectivity index (χ0) is 85.9. The second-order valence-electron chi connectivity index (χ2n) is 25.4. The van der Waals surface area contributed by atoms with Crippen molar-refractivity contribution in [3.8, 4) is 0 Å². The molecule has 7 atom stereocenters. The third-order valence-corrected chi connectivity index (χ3v) is 20.4. The summed E-state index contributed by atoms with van der Waals surface area (Å²) in [6.07, 6.45) is 26.8. The maximum absolute atomic E-state index is 12.4. The van der Waals surface area contributed by atoms with Crippen LogP contribution in [0.2, 0.25) is 0 Å². The predicted octanol–water partition coefficient (Wildman–Crippen LogP) is 30.6. The third kappa shape index (κ3) is 63.6. The van der Waals surface area contributed by atoms with E-state index < -0.39 is 0 Å². The fraction of sp³-hybridized carbons (Fsp3) is 0.874. The van der Waals surface area contributed by atoms with E-state index in [4.69, 9.17) is 0 Å². The van der Waals surface area contributed by atoms with Crippen molar-refractivity contribution in [1.29, 1.82) is 0 Å². The molecule has 107 heavy (non-hydrogen) atoms. The zero-order valence-corrected chi connectivity index (χ0v) is 84.2. The molecule has 0 bridgehead atoms. The molecule has 7 unspecified atom stereocenters. The van der Waals surface area contributed by atoms with Crippen LogP contribution in [0, 0.1) is 73.0 Å². The molecule has 4 aliphatic rings. The maximum Gasteiger partial charge on any atom is 0.220 e. The molecule has 2 heterocycles. The summed E-state index contributed by atoms with van der Waals surface area (Å²) in [7, 11) is 3.41. The first-order chi connectivity index (χ1) is 50.6. The van der Waals surface area contributed by atoms with Gasteiger partial charge in [0.2, 0.25) is 23.6 Å². The minimum absolute atomic E-state index is 0. The summed E-state index contributed by atoms with van der Waals surface area (Å²) in [5.74, 6) is 7.08. The van der Waals surface area contributed by atoms with Crippen molar-refractivity contribution in [2.45, 2.75) is 476 Å². The van der Waals surface area contributed by atoms with Gasteiger partial charge in [-0.2, -0.15) is 0 Å². The van der Waals surface area contributed by atoms with Crippen molar-refractivity contribution in [2.75, 3.05) is 14.1 Å². The first-order valence-electron chi connectivity index (χ1n) is 45.9. The summed E-state index contributed by atoms with van der Waals surface area (Å²) in [5.41, 5.74) is 7.73. The summed E-state index contributed by atoms with van der Waals surface area (Å²) in [6, 6.07) is 4.64. The van der Waals surface area contributed by atoms with Crippen molar-refractivity contribution >= 4 is 23.6 Å². The number of carbonyl (C=O) groups excluding carboxylic acids is 4. The molecule has 6 N–H and O–H groups in total. The molecule has 0 spiro atoms. The molecule has 0 aromatic carbocycles. The Labute approximate surface area is 699 Å². The SMILES string of the molecule is CC.CC.CC.CC.CC.CC.CC.CC.CC.CC.CC.CC.CC.CC.CC.CCC(C)C(C)C(C)(c1cc(CNC(=O)CC2CCCC2)c(C)[nH]1)C(C)C.CCC(C)C(C)C(C)(c1cc(CNC(=O)CC2CCCC2)c(C)[nH]1)C(C)CC.CNC(=O)CC1CCCC1.CNC(=O)CC1CCCC1.[Fe].[Fe]. The molecule has 4 fully saturated rings. The Bertz CT molecular complexity index is 1950. The van der Waals surface area contributed by atoms with E-state index in [1.54, 1.807) is 14.1 Å². The van der Waals surface area contributed by atoms with Crippen molar-refractivity contribution < 1.29 is 53.3 Å². The molecule has 0 radical (unpaired) electrons. The van der Waals surface area contributed by atoms with Crippen LogP contribution >= 0.6 is 0 Å². The van der Waals surface area contributed by atoms with Crippen molar-refractivity contribution in [1.82, 2.24) is 31.2 Å². The Morgan fingerprint density at radius 3 is 0.766 bits per heavy atom. The normalized spacial score (nSPS) is 14.8. The van der Waals surface area contributed by atoms with Crippen molar-refractivity contribution in [3.63, 3.8) is 0 Å². The van der Waals surface area contributed by atoms with Gasteiger partial charge in [0.25, 0.3) is 0 Å². The number of carbonyl (C=O) groups is 4. The largest absolute Gasteiger partial charge is 0.362 e. The Balaban J connectivity index is -0.0000000754. The van der Waals surface area contributed by atoms with Gasteiger partial charge in [-0.25, -0.2) is 0 Å². The maximum atomic E-state index is 12.4. The molecule has 4 aliphatic carbocycles. The van der Waals surface area contributed by atoms with Gasteiger partial charge in [0.1, 0.15) is 0 Å². The minimum atomic E-state index is 0. The van der Waals surface area contributed by atoms with Crippen LogP contribution < -0.4 is 21.3 Å². The van der Waals surface area contributed by atoms with E-state index in [0.29, 0.717) is 85.1 Å². The van der Waals surface area contributed by atoms with Gasteiger partial charge in [-0.3, -0.25) is 19.2 Å². The zero-order valence-electron chi connectivity index (χ0n) is 81.9.